The van der Waals surface area contributed by atoms with Crippen LogP contribution in [0.5, 0.6) is 5.75 Å². The second-order valence-electron chi connectivity index (χ2n) is 7.22. The van der Waals surface area contributed by atoms with E-state index in [-0.39, 0.29) is 17.7 Å². The fourth-order valence-corrected chi connectivity index (χ4v) is 4.15. The molecule has 9 heteroatoms. The minimum Gasteiger partial charge on any atom is -0.485 e. The van der Waals surface area contributed by atoms with E-state index < -0.39 is 5.25 Å². The number of ether oxygens (including phenoxy) is 1. The highest BCUT2D eigenvalue weighted by Crippen LogP contribution is 2.28. The fraction of sp³-hybridized carbons (Fsp3) is 0.167. The van der Waals surface area contributed by atoms with Crippen LogP contribution in [0.1, 0.15) is 18.3 Å². The van der Waals surface area contributed by atoms with E-state index >= 15 is 0 Å². The van der Waals surface area contributed by atoms with E-state index in [1.165, 1.54) is 11.8 Å². The molecule has 1 unspecified atom stereocenters. The standard InChI is InChI=1S/C24H22ClN5O2S/c1-16-9-6-7-13-20(16)32-15-21-28-29-24(30(21)18-10-4-3-5-11-18)33-17(2)23(31)27-19-12-8-14-26-22(19)25/h3-14,17H,15H2,1-2H3,(H,27,31). The lowest BCUT2D eigenvalue weighted by Gasteiger charge is -2.15. The van der Waals surface area contributed by atoms with Gasteiger partial charge in [-0.3, -0.25) is 9.36 Å². The maximum Gasteiger partial charge on any atom is 0.237 e. The molecule has 1 atom stereocenters. The van der Waals surface area contributed by atoms with Crippen LogP contribution in [0.2, 0.25) is 5.15 Å². The van der Waals surface area contributed by atoms with Crippen molar-refractivity contribution >= 4 is 35.0 Å². The molecule has 2 aromatic carbocycles. The molecule has 7 nitrogen and oxygen atoms in total. The lowest BCUT2D eigenvalue weighted by atomic mass is 10.2. The Kier molecular flexibility index (Phi) is 7.26. The molecule has 0 radical (unpaired) electrons. The summed E-state index contributed by atoms with van der Waals surface area (Å²) in [5.74, 6) is 1.21. The number of nitrogens with one attached hydrogen (secondary N) is 1. The molecule has 168 valence electrons. The lowest BCUT2D eigenvalue weighted by molar-refractivity contribution is -0.115. The number of halogens is 1. The van der Waals surface area contributed by atoms with E-state index in [1.807, 2.05) is 66.1 Å². The van der Waals surface area contributed by atoms with Crippen LogP contribution < -0.4 is 10.1 Å². The zero-order chi connectivity index (χ0) is 23.2. The van der Waals surface area contributed by atoms with Gasteiger partial charge in [-0.2, -0.15) is 0 Å². The van der Waals surface area contributed by atoms with Crippen LogP contribution in [0, 0.1) is 6.92 Å². The Morgan fingerprint density at radius 3 is 2.61 bits per heavy atom. The Balaban J connectivity index is 1.55. The van der Waals surface area contributed by atoms with Crippen LogP contribution in [0.15, 0.2) is 78.1 Å². The largest absolute Gasteiger partial charge is 0.485 e. The topological polar surface area (TPSA) is 81.9 Å². The third-order valence-electron chi connectivity index (χ3n) is 4.83. The molecule has 1 amide bonds. The SMILES string of the molecule is Cc1ccccc1OCc1nnc(SC(C)C(=O)Nc2cccnc2Cl)n1-c1ccccc1. The summed E-state index contributed by atoms with van der Waals surface area (Å²) in [5, 5.41) is 11.9. The number of aromatic nitrogens is 4. The normalized spacial score (nSPS) is 11.7. The predicted octanol–water partition coefficient (Wildman–Crippen LogP) is 5.32. The Morgan fingerprint density at radius 2 is 1.85 bits per heavy atom. The van der Waals surface area contributed by atoms with Gasteiger partial charge in [-0.1, -0.05) is 59.8 Å². The van der Waals surface area contributed by atoms with E-state index in [2.05, 4.69) is 20.5 Å². The van der Waals surface area contributed by atoms with E-state index in [0.29, 0.717) is 16.7 Å². The van der Waals surface area contributed by atoms with E-state index in [9.17, 15) is 4.79 Å². The van der Waals surface area contributed by atoms with Gasteiger partial charge in [-0.05, 0) is 49.7 Å². The molecule has 33 heavy (non-hydrogen) atoms. The average molecular weight is 480 g/mol. The number of hydrogen-bond donors (Lipinski definition) is 1. The number of aryl methyl sites for hydroxylation is 1. The molecular weight excluding hydrogens is 458 g/mol. The number of amides is 1. The van der Waals surface area contributed by atoms with E-state index in [4.69, 9.17) is 16.3 Å². The summed E-state index contributed by atoms with van der Waals surface area (Å²) >= 11 is 7.37. The quantitative estimate of drug-likeness (QED) is 0.272. The second-order valence-corrected chi connectivity index (χ2v) is 8.88. The van der Waals surface area contributed by atoms with Crippen molar-refractivity contribution in [1.82, 2.24) is 19.7 Å². The number of para-hydroxylation sites is 2. The van der Waals surface area contributed by atoms with Crippen molar-refractivity contribution in [1.29, 1.82) is 0 Å². The summed E-state index contributed by atoms with van der Waals surface area (Å²) in [6.45, 7) is 4.03. The number of thioether (sulfide) groups is 1. The Labute approximate surface area is 201 Å². The molecule has 1 N–H and O–H groups in total. The average Bonchev–Trinajstić information content (AvgIpc) is 3.22. The first-order valence-electron chi connectivity index (χ1n) is 10.3. The van der Waals surface area contributed by atoms with Gasteiger partial charge in [0.05, 0.1) is 10.9 Å². The molecular formula is C24H22ClN5O2S. The molecule has 0 aliphatic rings. The number of nitrogens with zero attached hydrogens (tertiary/aromatic N) is 4. The number of carbonyl (C=O) groups is 1. The molecule has 0 saturated heterocycles. The number of carbonyl (C=O) groups excluding carboxylic acids is 1. The number of pyridine rings is 1. The van der Waals surface area contributed by atoms with Crippen molar-refractivity contribution < 1.29 is 9.53 Å². The fourth-order valence-electron chi connectivity index (χ4n) is 3.09. The van der Waals surface area contributed by atoms with Gasteiger partial charge in [-0.25, -0.2) is 4.98 Å². The maximum atomic E-state index is 12.8. The molecule has 2 aromatic heterocycles. The third kappa shape index (κ3) is 5.53. The monoisotopic (exact) mass is 479 g/mol. The van der Waals surface area contributed by atoms with Crippen molar-refractivity contribution in [3.05, 3.63) is 89.5 Å². The van der Waals surface area contributed by atoms with Gasteiger partial charge in [0.2, 0.25) is 5.91 Å². The highest BCUT2D eigenvalue weighted by Gasteiger charge is 2.22. The molecule has 0 aliphatic heterocycles. The summed E-state index contributed by atoms with van der Waals surface area (Å²) in [5.41, 5.74) is 2.39. The summed E-state index contributed by atoms with van der Waals surface area (Å²) in [6.07, 6.45) is 1.57. The van der Waals surface area contributed by atoms with Gasteiger partial charge >= 0.3 is 0 Å². The van der Waals surface area contributed by atoms with Gasteiger partial charge in [-0.15, -0.1) is 10.2 Å². The summed E-state index contributed by atoms with van der Waals surface area (Å²) < 4.78 is 7.92. The van der Waals surface area contributed by atoms with Crippen LogP contribution in [0.3, 0.4) is 0 Å². The highest BCUT2D eigenvalue weighted by molar-refractivity contribution is 8.00. The Hall–Kier alpha value is -3.36. The predicted molar refractivity (Wildman–Crippen MR) is 130 cm³/mol. The van der Waals surface area contributed by atoms with Crippen molar-refractivity contribution in [2.24, 2.45) is 0 Å². The van der Waals surface area contributed by atoms with Crippen LogP contribution in [0.4, 0.5) is 5.69 Å². The minimum absolute atomic E-state index is 0.213. The van der Waals surface area contributed by atoms with Crippen molar-refractivity contribution in [2.75, 3.05) is 5.32 Å². The Morgan fingerprint density at radius 1 is 1.09 bits per heavy atom. The zero-order valence-electron chi connectivity index (χ0n) is 18.1. The van der Waals surface area contributed by atoms with Crippen molar-refractivity contribution in [3.63, 3.8) is 0 Å². The molecule has 2 heterocycles. The number of benzene rings is 2. The number of hydrogen-bond acceptors (Lipinski definition) is 6. The molecule has 4 rings (SSSR count). The molecule has 4 aromatic rings. The minimum atomic E-state index is -0.460. The zero-order valence-corrected chi connectivity index (χ0v) is 19.7. The first-order chi connectivity index (χ1) is 16.0. The summed E-state index contributed by atoms with van der Waals surface area (Å²) in [7, 11) is 0. The van der Waals surface area contributed by atoms with E-state index in [0.717, 1.165) is 17.0 Å². The molecule has 0 bridgehead atoms. The highest BCUT2D eigenvalue weighted by atomic mass is 35.5. The lowest BCUT2D eigenvalue weighted by Crippen LogP contribution is -2.23. The Bertz CT molecular complexity index is 1250. The van der Waals surface area contributed by atoms with Gasteiger partial charge in [0.15, 0.2) is 16.1 Å². The van der Waals surface area contributed by atoms with Crippen molar-refractivity contribution in [2.45, 2.75) is 30.9 Å². The molecule has 0 saturated carbocycles. The number of rotatable bonds is 8. The van der Waals surface area contributed by atoms with Gasteiger partial charge in [0, 0.05) is 11.9 Å². The summed E-state index contributed by atoms with van der Waals surface area (Å²) in [4.78, 5) is 16.8. The van der Waals surface area contributed by atoms with Crippen molar-refractivity contribution in [3.8, 4) is 11.4 Å². The van der Waals surface area contributed by atoms with Crippen LogP contribution >= 0.6 is 23.4 Å². The molecule has 0 spiro atoms. The number of anilines is 1. The van der Waals surface area contributed by atoms with Crippen LogP contribution in [-0.4, -0.2) is 30.9 Å². The van der Waals surface area contributed by atoms with Gasteiger partial charge < -0.3 is 10.1 Å². The first kappa shape index (κ1) is 22.8. The molecule has 0 fully saturated rings. The van der Waals surface area contributed by atoms with E-state index in [1.54, 1.807) is 25.3 Å². The van der Waals surface area contributed by atoms with Crippen LogP contribution in [0.25, 0.3) is 5.69 Å². The second kappa shape index (κ2) is 10.5. The third-order valence-corrected chi connectivity index (χ3v) is 6.18. The van der Waals surface area contributed by atoms with Crippen LogP contribution in [-0.2, 0) is 11.4 Å². The first-order valence-corrected chi connectivity index (χ1v) is 11.5. The van der Waals surface area contributed by atoms with Gasteiger partial charge in [0.25, 0.3) is 0 Å². The van der Waals surface area contributed by atoms with Gasteiger partial charge in [0.1, 0.15) is 12.4 Å². The summed E-state index contributed by atoms with van der Waals surface area (Å²) in [6, 6.07) is 21.0. The smallest absolute Gasteiger partial charge is 0.237 e. The molecule has 0 aliphatic carbocycles. The maximum absolute atomic E-state index is 12.8.